The van der Waals surface area contributed by atoms with Gasteiger partial charge in [-0.25, -0.2) is 4.98 Å². The molecular formula is C31H26N6. The molecular weight excluding hydrogens is 456 g/mol. The van der Waals surface area contributed by atoms with Gasteiger partial charge in [0.1, 0.15) is 0 Å². The van der Waals surface area contributed by atoms with Crippen LogP contribution < -0.4 is 5.32 Å². The second-order valence-electron chi connectivity index (χ2n) is 8.97. The first kappa shape index (κ1) is 22.8. The van der Waals surface area contributed by atoms with E-state index in [1.165, 1.54) is 0 Å². The standard InChI is InChI=1S/C31H26N6/c1-3-17-32-25(11-1)20-37(21-26-12-2-4-18-33-26)22-27-16-15-24-9-6-14-29(31(24)35-27)36-28-13-5-8-23-10-7-19-34-30(23)28/h1-19,36H,20-22H2. The summed E-state index contributed by atoms with van der Waals surface area (Å²) >= 11 is 0. The molecule has 4 aromatic heterocycles. The molecule has 0 fully saturated rings. The van der Waals surface area contributed by atoms with Crippen molar-refractivity contribution in [2.75, 3.05) is 5.32 Å². The molecule has 2 aromatic carbocycles. The summed E-state index contributed by atoms with van der Waals surface area (Å²) in [6.45, 7) is 2.09. The van der Waals surface area contributed by atoms with Crippen LogP contribution in [0.5, 0.6) is 0 Å². The van der Waals surface area contributed by atoms with E-state index in [4.69, 9.17) is 4.98 Å². The Morgan fingerprint density at radius 2 is 1.08 bits per heavy atom. The van der Waals surface area contributed by atoms with Crippen LogP contribution in [-0.2, 0) is 19.6 Å². The number of pyridine rings is 4. The Kier molecular flexibility index (Phi) is 6.47. The first-order chi connectivity index (χ1) is 18.3. The molecule has 0 spiro atoms. The van der Waals surface area contributed by atoms with Crippen molar-refractivity contribution in [2.24, 2.45) is 0 Å². The minimum absolute atomic E-state index is 0.674. The van der Waals surface area contributed by atoms with Crippen LogP contribution >= 0.6 is 0 Å². The molecule has 0 saturated heterocycles. The Balaban J connectivity index is 1.32. The van der Waals surface area contributed by atoms with Gasteiger partial charge in [0, 0.05) is 49.0 Å². The quantitative estimate of drug-likeness (QED) is 0.266. The number of anilines is 2. The lowest BCUT2D eigenvalue weighted by Gasteiger charge is -2.21. The lowest BCUT2D eigenvalue weighted by atomic mass is 10.1. The van der Waals surface area contributed by atoms with Crippen LogP contribution in [0.3, 0.4) is 0 Å². The molecule has 0 aliphatic heterocycles. The van der Waals surface area contributed by atoms with Crippen LogP contribution in [0.25, 0.3) is 21.8 Å². The maximum absolute atomic E-state index is 5.11. The van der Waals surface area contributed by atoms with Crippen LogP contribution in [-0.4, -0.2) is 24.8 Å². The highest BCUT2D eigenvalue weighted by Gasteiger charge is 2.13. The normalized spacial score (nSPS) is 11.3. The summed E-state index contributed by atoms with van der Waals surface area (Å²) in [4.78, 5) is 21.1. The summed E-state index contributed by atoms with van der Waals surface area (Å²) in [6.07, 6.45) is 5.50. The maximum atomic E-state index is 5.11. The molecule has 0 aliphatic rings. The van der Waals surface area contributed by atoms with Gasteiger partial charge < -0.3 is 5.32 Å². The molecule has 6 heteroatoms. The van der Waals surface area contributed by atoms with Crippen LogP contribution in [0.1, 0.15) is 17.1 Å². The zero-order valence-corrected chi connectivity index (χ0v) is 20.3. The summed E-state index contributed by atoms with van der Waals surface area (Å²) < 4.78 is 0. The molecule has 0 saturated carbocycles. The first-order valence-corrected chi connectivity index (χ1v) is 12.3. The molecule has 0 unspecified atom stereocenters. The number of para-hydroxylation sites is 2. The third-order valence-electron chi connectivity index (χ3n) is 6.29. The summed E-state index contributed by atoms with van der Waals surface area (Å²) in [5.74, 6) is 0. The van der Waals surface area contributed by atoms with E-state index < -0.39 is 0 Å². The molecule has 37 heavy (non-hydrogen) atoms. The molecule has 6 nitrogen and oxygen atoms in total. The smallest absolute Gasteiger partial charge is 0.0940 e. The Morgan fingerprint density at radius 1 is 0.486 bits per heavy atom. The largest absolute Gasteiger partial charge is 0.352 e. The topological polar surface area (TPSA) is 66.8 Å². The average Bonchev–Trinajstić information content (AvgIpc) is 2.95. The van der Waals surface area contributed by atoms with Crippen molar-refractivity contribution in [3.63, 3.8) is 0 Å². The average molecular weight is 483 g/mol. The third-order valence-corrected chi connectivity index (χ3v) is 6.29. The number of hydrogen-bond acceptors (Lipinski definition) is 6. The Hall–Kier alpha value is -4.68. The fourth-order valence-electron chi connectivity index (χ4n) is 4.56. The summed E-state index contributed by atoms with van der Waals surface area (Å²) in [6, 6.07) is 32.7. The molecule has 0 radical (unpaired) electrons. The van der Waals surface area contributed by atoms with Crippen molar-refractivity contribution in [1.29, 1.82) is 0 Å². The fraction of sp³-hybridized carbons (Fsp3) is 0.0968. The molecule has 0 bridgehead atoms. The van der Waals surface area contributed by atoms with E-state index in [1.807, 2.05) is 55.0 Å². The fourth-order valence-corrected chi connectivity index (χ4v) is 4.56. The maximum Gasteiger partial charge on any atom is 0.0940 e. The van der Waals surface area contributed by atoms with E-state index in [0.717, 1.165) is 50.3 Å². The summed E-state index contributed by atoms with van der Waals surface area (Å²) in [5.41, 5.74) is 6.82. The molecule has 6 rings (SSSR count). The molecule has 0 amide bonds. The monoisotopic (exact) mass is 482 g/mol. The van der Waals surface area contributed by atoms with Gasteiger partial charge in [0.2, 0.25) is 0 Å². The third kappa shape index (κ3) is 5.29. The van der Waals surface area contributed by atoms with E-state index in [1.54, 1.807) is 0 Å². The van der Waals surface area contributed by atoms with Crippen LogP contribution in [0.15, 0.2) is 116 Å². The minimum atomic E-state index is 0.674. The molecule has 1 N–H and O–H groups in total. The van der Waals surface area contributed by atoms with Gasteiger partial charge >= 0.3 is 0 Å². The second kappa shape index (κ2) is 10.5. The summed E-state index contributed by atoms with van der Waals surface area (Å²) in [7, 11) is 0. The van der Waals surface area contributed by atoms with Crippen molar-refractivity contribution in [1.82, 2.24) is 24.8 Å². The zero-order chi connectivity index (χ0) is 24.9. The molecule has 0 aliphatic carbocycles. The van der Waals surface area contributed by atoms with Gasteiger partial charge in [-0.1, -0.05) is 48.5 Å². The number of nitrogens with zero attached hydrogens (tertiary/aromatic N) is 5. The van der Waals surface area contributed by atoms with Gasteiger partial charge in [-0.3, -0.25) is 19.9 Å². The lowest BCUT2D eigenvalue weighted by molar-refractivity contribution is 0.239. The van der Waals surface area contributed by atoms with E-state index >= 15 is 0 Å². The summed E-state index contributed by atoms with van der Waals surface area (Å²) in [5, 5.41) is 5.78. The highest BCUT2D eigenvalue weighted by atomic mass is 15.1. The Bertz CT molecular complexity index is 1590. The van der Waals surface area contributed by atoms with E-state index in [0.29, 0.717) is 19.6 Å². The number of hydrogen-bond donors (Lipinski definition) is 1. The van der Waals surface area contributed by atoms with E-state index in [2.05, 4.69) is 85.8 Å². The van der Waals surface area contributed by atoms with Crippen LogP contribution in [0, 0.1) is 0 Å². The number of aromatic nitrogens is 4. The van der Waals surface area contributed by atoms with Crippen LogP contribution in [0.4, 0.5) is 11.4 Å². The molecule has 4 heterocycles. The van der Waals surface area contributed by atoms with Gasteiger partial charge in [-0.05, 0) is 48.5 Å². The minimum Gasteiger partial charge on any atom is -0.352 e. The Labute approximate surface area is 215 Å². The van der Waals surface area contributed by atoms with Crippen molar-refractivity contribution < 1.29 is 0 Å². The van der Waals surface area contributed by atoms with Gasteiger partial charge in [0.05, 0.1) is 39.5 Å². The zero-order valence-electron chi connectivity index (χ0n) is 20.3. The van der Waals surface area contributed by atoms with E-state index in [9.17, 15) is 0 Å². The number of fused-ring (bicyclic) bond motifs is 2. The second-order valence-corrected chi connectivity index (χ2v) is 8.97. The molecule has 6 aromatic rings. The number of rotatable bonds is 8. The SMILES string of the molecule is c1ccc(CN(Cc2ccccn2)Cc2ccc3cccc(Nc4cccc5cccnc45)c3n2)nc1. The van der Waals surface area contributed by atoms with Gasteiger partial charge in [-0.15, -0.1) is 0 Å². The highest BCUT2D eigenvalue weighted by molar-refractivity contribution is 5.97. The van der Waals surface area contributed by atoms with Gasteiger partial charge in [0.15, 0.2) is 0 Å². The van der Waals surface area contributed by atoms with Crippen molar-refractivity contribution in [3.05, 3.63) is 133 Å². The number of nitrogens with one attached hydrogen (secondary N) is 1. The van der Waals surface area contributed by atoms with Crippen molar-refractivity contribution in [2.45, 2.75) is 19.6 Å². The predicted molar refractivity (Wildman–Crippen MR) is 148 cm³/mol. The van der Waals surface area contributed by atoms with Crippen molar-refractivity contribution in [3.8, 4) is 0 Å². The molecule has 180 valence electrons. The molecule has 0 atom stereocenters. The van der Waals surface area contributed by atoms with Gasteiger partial charge in [-0.2, -0.15) is 0 Å². The predicted octanol–water partition coefficient (Wildman–Crippen LogP) is 6.52. The van der Waals surface area contributed by atoms with Gasteiger partial charge in [0.25, 0.3) is 0 Å². The van der Waals surface area contributed by atoms with Crippen molar-refractivity contribution >= 4 is 33.2 Å². The first-order valence-electron chi connectivity index (χ1n) is 12.3. The highest BCUT2D eigenvalue weighted by Crippen LogP contribution is 2.29. The number of benzene rings is 2. The van der Waals surface area contributed by atoms with Crippen LogP contribution in [0.2, 0.25) is 0 Å². The van der Waals surface area contributed by atoms with E-state index in [-0.39, 0.29) is 0 Å². The Morgan fingerprint density at radius 3 is 1.76 bits per heavy atom. The lowest BCUT2D eigenvalue weighted by Crippen LogP contribution is -2.24.